The molecule has 3 aromatic rings. The first-order chi connectivity index (χ1) is 31.0. The van der Waals surface area contributed by atoms with Crippen LogP contribution in [0, 0.1) is 10.1 Å². The van der Waals surface area contributed by atoms with Crippen LogP contribution in [-0.2, 0) is 28.7 Å². The van der Waals surface area contributed by atoms with Crippen LogP contribution in [0.2, 0.25) is 0 Å². The van der Waals surface area contributed by atoms with E-state index in [0.717, 1.165) is 0 Å². The lowest BCUT2D eigenvalue weighted by atomic mass is 9.80. The molecule has 0 saturated carbocycles. The third-order valence-corrected chi connectivity index (χ3v) is 9.86. The third-order valence-electron chi connectivity index (χ3n) is 9.86. The van der Waals surface area contributed by atoms with Gasteiger partial charge in [-0.3, -0.25) is 19.7 Å². The summed E-state index contributed by atoms with van der Waals surface area (Å²) in [7, 11) is 0. The highest BCUT2D eigenvalue weighted by atomic mass is 16.6. The molecular weight excluding hydrogens is 857 g/mol. The maximum atomic E-state index is 13.8. The quantitative estimate of drug-likeness (QED) is 0.0254. The number of nitro benzene ring substituents is 1. The van der Waals surface area contributed by atoms with Crippen LogP contribution < -0.4 is 36.1 Å². The molecular formula is C47H64N6O13. The Morgan fingerprint density at radius 2 is 1.12 bits per heavy atom. The molecule has 0 saturated heterocycles. The third kappa shape index (κ3) is 17.9. The number of allylic oxidation sites excluding steroid dienone is 2. The van der Waals surface area contributed by atoms with Crippen molar-refractivity contribution in [2.24, 2.45) is 0 Å². The second-order valence-electron chi connectivity index (χ2n) is 16.2. The number of anilines is 2. The number of aliphatic hydroxyl groups excluding tert-OH is 2. The van der Waals surface area contributed by atoms with Crippen LogP contribution in [0.25, 0.3) is 0 Å². The number of benzene rings is 3. The predicted molar refractivity (Wildman–Crippen MR) is 248 cm³/mol. The second-order valence-corrected chi connectivity index (χ2v) is 16.2. The lowest BCUT2D eigenvalue weighted by Crippen LogP contribution is -2.35. The first-order valence-electron chi connectivity index (χ1n) is 21.7. The van der Waals surface area contributed by atoms with E-state index >= 15 is 0 Å². The molecule has 0 radical (unpaired) electrons. The average Bonchev–Trinajstić information content (AvgIpc) is 3.27. The average molecular weight is 921 g/mol. The van der Waals surface area contributed by atoms with Crippen LogP contribution in [0.15, 0.2) is 95.3 Å². The number of hydrogen-bond donors (Lipinski definition) is 7. The molecule has 2 unspecified atom stereocenters. The summed E-state index contributed by atoms with van der Waals surface area (Å²) in [6.45, 7) is 11.9. The number of nitrogens with zero attached hydrogens (tertiary/aromatic N) is 1. The summed E-state index contributed by atoms with van der Waals surface area (Å²) < 4.78 is 22.5. The van der Waals surface area contributed by atoms with Crippen LogP contribution in [0.4, 0.5) is 17.1 Å². The molecule has 3 aromatic carbocycles. The van der Waals surface area contributed by atoms with E-state index in [-0.39, 0.29) is 104 Å². The Kier molecular flexibility index (Phi) is 22.2. The molecule has 19 heteroatoms. The first kappa shape index (κ1) is 54.0. The summed E-state index contributed by atoms with van der Waals surface area (Å²) in [6, 6.07) is 19.4. The van der Waals surface area contributed by atoms with E-state index in [1.54, 1.807) is 68.4 Å². The van der Waals surface area contributed by atoms with E-state index in [1.807, 2.05) is 27.7 Å². The van der Waals surface area contributed by atoms with E-state index in [4.69, 9.17) is 18.9 Å². The fourth-order valence-corrected chi connectivity index (χ4v) is 6.60. The second kappa shape index (κ2) is 27.2. The molecule has 4 rings (SSSR count). The van der Waals surface area contributed by atoms with Gasteiger partial charge >= 0.3 is 11.9 Å². The van der Waals surface area contributed by atoms with Crippen LogP contribution in [0.3, 0.4) is 0 Å². The number of aliphatic hydroxyl groups is 2. The van der Waals surface area contributed by atoms with Gasteiger partial charge in [-0.2, -0.15) is 0 Å². The molecule has 2 atom stereocenters. The normalized spacial score (nSPS) is 14.4. The Bertz CT molecular complexity index is 2020. The lowest BCUT2D eigenvalue weighted by Gasteiger charge is -2.30. The van der Waals surface area contributed by atoms with Crippen LogP contribution in [-0.4, -0.2) is 108 Å². The van der Waals surface area contributed by atoms with Gasteiger partial charge in [-0.25, -0.2) is 9.59 Å². The standard InChI is InChI=1S/C47H62N6O12.H2O/c1-29(2)48-25-37(54)27-64-39-18-14-34(15-19-39)51-41(56)12-8-22-62-46(58)43-31(5)50-32(6)44(45(43)33-10-7-11-36(24-33)53(60)61)47(59)63-23-9-13-42(57)52-35-16-20-40(21-17-35)65-28-38(55)26-49-30(3)4;/h7,10-11,14-21,24,29-30,37-38,45,48-50,54-55H,8-9,12-13,22-23,25-28H2,1-6H3,(H,51,56)(H,52,57);1H2. The molecule has 2 amide bonds. The van der Waals surface area contributed by atoms with Gasteiger partial charge in [0.1, 0.15) is 36.9 Å². The number of carbonyl (C=O) groups excluding carboxylic acids is 4. The number of non-ortho nitro benzene ring substituents is 1. The molecule has 1 heterocycles. The van der Waals surface area contributed by atoms with Gasteiger partial charge in [-0.05, 0) is 80.8 Å². The zero-order chi connectivity index (χ0) is 47.5. The smallest absolute Gasteiger partial charge is 0.336 e. The van der Waals surface area contributed by atoms with Gasteiger partial charge in [0, 0.05) is 72.9 Å². The first-order valence-corrected chi connectivity index (χ1v) is 21.7. The molecule has 19 nitrogen and oxygen atoms in total. The number of dihydropyridines is 1. The summed E-state index contributed by atoms with van der Waals surface area (Å²) >= 11 is 0. The SMILES string of the molecule is CC1=C(C(=O)OCCCC(=O)Nc2ccc(OCC(O)CNC(C)C)cc2)C(c2cccc([N+](=O)[O-])c2)C(C(=O)OCCCC(=O)Nc2ccc(OCC(O)CNC(C)C)cc2)=C(C)N1.O. The van der Waals surface area contributed by atoms with E-state index in [1.165, 1.54) is 18.2 Å². The van der Waals surface area contributed by atoms with Crippen molar-refractivity contribution in [2.45, 2.75) is 97.4 Å². The lowest BCUT2D eigenvalue weighted by molar-refractivity contribution is -0.384. The van der Waals surface area contributed by atoms with Crippen molar-refractivity contribution in [3.8, 4) is 11.5 Å². The fourth-order valence-electron chi connectivity index (χ4n) is 6.60. The zero-order valence-corrected chi connectivity index (χ0v) is 38.3. The van der Waals surface area contributed by atoms with Crippen LogP contribution in [0.5, 0.6) is 11.5 Å². The van der Waals surface area contributed by atoms with Gasteiger partial charge in [0.2, 0.25) is 11.8 Å². The Morgan fingerprint density at radius 3 is 1.52 bits per heavy atom. The van der Waals surface area contributed by atoms with Crippen molar-refractivity contribution >= 4 is 40.8 Å². The molecule has 66 heavy (non-hydrogen) atoms. The van der Waals surface area contributed by atoms with Crippen LogP contribution >= 0.6 is 0 Å². The number of esters is 2. The maximum Gasteiger partial charge on any atom is 0.336 e. The van der Waals surface area contributed by atoms with Crippen molar-refractivity contribution in [1.82, 2.24) is 16.0 Å². The van der Waals surface area contributed by atoms with Crippen LogP contribution in [0.1, 0.15) is 78.7 Å². The van der Waals surface area contributed by atoms with Crippen molar-refractivity contribution in [3.63, 3.8) is 0 Å². The van der Waals surface area contributed by atoms with Gasteiger partial charge in [0.05, 0.1) is 35.2 Å². The van der Waals surface area contributed by atoms with Gasteiger partial charge in [-0.15, -0.1) is 0 Å². The van der Waals surface area contributed by atoms with Gasteiger partial charge in [0.25, 0.3) is 5.69 Å². The molecule has 0 fully saturated rings. The maximum absolute atomic E-state index is 13.8. The number of rotatable bonds is 26. The van der Waals surface area contributed by atoms with E-state index in [9.17, 15) is 39.5 Å². The largest absolute Gasteiger partial charge is 0.491 e. The van der Waals surface area contributed by atoms with Gasteiger partial charge < -0.3 is 61.2 Å². The molecule has 1 aliphatic heterocycles. The molecule has 0 spiro atoms. The minimum absolute atomic E-state index is 0. The summed E-state index contributed by atoms with van der Waals surface area (Å²) in [6.07, 6.45) is -0.994. The number of hydrogen-bond acceptors (Lipinski definition) is 15. The van der Waals surface area contributed by atoms with E-state index in [0.29, 0.717) is 47.4 Å². The Labute approximate surface area is 384 Å². The van der Waals surface area contributed by atoms with Gasteiger partial charge in [0.15, 0.2) is 0 Å². The Hall–Kier alpha value is -6.38. The molecule has 9 N–H and O–H groups in total. The Balaban J connectivity index is 0.0000116. The van der Waals surface area contributed by atoms with Crippen molar-refractivity contribution in [1.29, 1.82) is 0 Å². The summed E-state index contributed by atoms with van der Waals surface area (Å²) in [5, 5.41) is 46.8. The Morgan fingerprint density at radius 1 is 0.697 bits per heavy atom. The highest BCUT2D eigenvalue weighted by Crippen LogP contribution is 2.40. The highest BCUT2D eigenvalue weighted by Gasteiger charge is 2.38. The van der Waals surface area contributed by atoms with Crippen molar-refractivity contribution in [2.75, 3.05) is 50.2 Å². The minimum Gasteiger partial charge on any atom is -0.491 e. The predicted octanol–water partition coefficient (Wildman–Crippen LogP) is 4.40. The van der Waals surface area contributed by atoms with E-state index in [2.05, 4.69) is 26.6 Å². The fraction of sp³-hybridized carbons (Fsp3) is 0.447. The number of ether oxygens (including phenoxy) is 4. The number of nitro groups is 1. The number of nitrogens with one attached hydrogen (secondary N) is 5. The topological polar surface area (TPSA) is 280 Å². The summed E-state index contributed by atoms with van der Waals surface area (Å²) in [4.78, 5) is 64.3. The summed E-state index contributed by atoms with van der Waals surface area (Å²) in [5.74, 6) is -2.28. The zero-order valence-electron chi connectivity index (χ0n) is 38.3. The van der Waals surface area contributed by atoms with E-state index < -0.39 is 35.0 Å². The highest BCUT2D eigenvalue weighted by molar-refractivity contribution is 6.00. The summed E-state index contributed by atoms with van der Waals surface area (Å²) in [5.41, 5.74) is 1.88. The minimum atomic E-state index is -1.11. The van der Waals surface area contributed by atoms with Crippen molar-refractivity contribution in [3.05, 3.63) is 111 Å². The molecule has 0 aliphatic carbocycles. The van der Waals surface area contributed by atoms with Crippen molar-refractivity contribution < 1.29 is 58.7 Å². The monoisotopic (exact) mass is 920 g/mol. The number of amides is 2. The molecule has 0 aromatic heterocycles. The molecule has 1 aliphatic rings. The van der Waals surface area contributed by atoms with Gasteiger partial charge in [-0.1, -0.05) is 39.8 Å². The molecule has 0 bridgehead atoms. The molecule has 360 valence electrons. The number of carbonyl (C=O) groups is 4.